The van der Waals surface area contributed by atoms with Gasteiger partial charge in [0.1, 0.15) is 0 Å². The van der Waals surface area contributed by atoms with Gasteiger partial charge in [-0.15, -0.1) is 0 Å². The molecule has 0 bridgehead atoms. The van der Waals surface area contributed by atoms with Crippen LogP contribution in [-0.4, -0.2) is 48.8 Å². The number of hydrogen-bond acceptors (Lipinski definition) is 6. The van der Waals surface area contributed by atoms with E-state index in [4.69, 9.17) is 4.52 Å². The van der Waals surface area contributed by atoms with Crippen molar-refractivity contribution in [3.63, 3.8) is 0 Å². The Morgan fingerprint density at radius 3 is 3.04 bits per heavy atom. The number of piperidine rings is 1. The number of carbonyl (C=O) groups excluding carboxylic acids is 1. The van der Waals surface area contributed by atoms with Crippen molar-refractivity contribution in [2.45, 2.75) is 31.5 Å². The summed E-state index contributed by atoms with van der Waals surface area (Å²) >= 11 is 0. The SMILES string of the molecule is O=C(CCn1cccn1)N1CCCC(F)(c2nc(-c3cccnc3)no2)C1. The van der Waals surface area contributed by atoms with E-state index in [2.05, 4.69) is 20.2 Å². The maximum atomic E-state index is 15.5. The van der Waals surface area contributed by atoms with E-state index in [1.807, 2.05) is 0 Å². The molecule has 1 aliphatic rings. The molecule has 0 aliphatic carbocycles. The van der Waals surface area contributed by atoms with Gasteiger partial charge < -0.3 is 9.42 Å². The van der Waals surface area contributed by atoms with Crippen molar-refractivity contribution < 1.29 is 13.7 Å². The molecular formula is C18H19FN6O2. The monoisotopic (exact) mass is 370 g/mol. The minimum absolute atomic E-state index is 0.0837. The zero-order chi connectivity index (χ0) is 18.7. The smallest absolute Gasteiger partial charge is 0.266 e. The Labute approximate surface area is 155 Å². The minimum atomic E-state index is -1.84. The number of likely N-dealkylation sites (tertiary alicyclic amines) is 1. The predicted molar refractivity (Wildman–Crippen MR) is 93.0 cm³/mol. The lowest BCUT2D eigenvalue weighted by molar-refractivity contribution is -0.136. The zero-order valence-electron chi connectivity index (χ0n) is 14.7. The van der Waals surface area contributed by atoms with E-state index in [1.165, 1.54) is 4.90 Å². The molecule has 4 heterocycles. The highest BCUT2D eigenvalue weighted by atomic mass is 19.1. The molecule has 0 saturated carbocycles. The van der Waals surface area contributed by atoms with Crippen LogP contribution in [0, 0.1) is 0 Å². The van der Waals surface area contributed by atoms with Gasteiger partial charge >= 0.3 is 0 Å². The van der Waals surface area contributed by atoms with Crippen molar-refractivity contribution in [3.8, 4) is 11.4 Å². The Bertz CT molecular complexity index is 898. The molecule has 9 heteroatoms. The van der Waals surface area contributed by atoms with Gasteiger partial charge in [-0.05, 0) is 31.0 Å². The summed E-state index contributed by atoms with van der Waals surface area (Å²) in [6, 6.07) is 5.32. The van der Waals surface area contributed by atoms with Crippen LogP contribution < -0.4 is 0 Å². The second kappa shape index (κ2) is 7.26. The van der Waals surface area contributed by atoms with Crippen molar-refractivity contribution >= 4 is 5.91 Å². The first-order valence-electron chi connectivity index (χ1n) is 8.83. The lowest BCUT2D eigenvalue weighted by atomic mass is 9.94. The van der Waals surface area contributed by atoms with Crippen molar-refractivity contribution in [3.05, 3.63) is 48.9 Å². The van der Waals surface area contributed by atoms with Gasteiger partial charge in [-0.1, -0.05) is 5.16 Å². The summed E-state index contributed by atoms with van der Waals surface area (Å²) in [5.74, 6) is 0.0856. The third kappa shape index (κ3) is 3.71. The summed E-state index contributed by atoms with van der Waals surface area (Å²) in [4.78, 5) is 22.2. The predicted octanol–water partition coefficient (Wildman–Crippen LogP) is 2.21. The summed E-state index contributed by atoms with van der Waals surface area (Å²) < 4.78 is 22.4. The molecule has 0 N–H and O–H groups in total. The summed E-state index contributed by atoms with van der Waals surface area (Å²) in [6.07, 6.45) is 7.72. The van der Waals surface area contributed by atoms with Crippen LogP contribution in [0.1, 0.15) is 25.2 Å². The average molecular weight is 370 g/mol. The lowest BCUT2D eigenvalue weighted by Crippen LogP contribution is -2.46. The highest BCUT2D eigenvalue weighted by Gasteiger charge is 2.43. The van der Waals surface area contributed by atoms with E-state index in [-0.39, 0.29) is 37.0 Å². The summed E-state index contributed by atoms with van der Waals surface area (Å²) in [5.41, 5.74) is -1.19. The molecule has 0 spiro atoms. The molecule has 8 nitrogen and oxygen atoms in total. The van der Waals surface area contributed by atoms with Gasteiger partial charge in [0.2, 0.25) is 17.4 Å². The zero-order valence-corrected chi connectivity index (χ0v) is 14.7. The molecule has 1 unspecified atom stereocenters. The Morgan fingerprint density at radius 1 is 1.33 bits per heavy atom. The van der Waals surface area contributed by atoms with Crippen LogP contribution in [0.4, 0.5) is 4.39 Å². The Hall–Kier alpha value is -3.10. The highest BCUT2D eigenvalue weighted by molar-refractivity contribution is 5.76. The molecule has 140 valence electrons. The van der Waals surface area contributed by atoms with Crippen LogP contribution in [0.3, 0.4) is 0 Å². The lowest BCUT2D eigenvalue weighted by Gasteiger charge is -2.35. The minimum Gasteiger partial charge on any atom is -0.339 e. The molecule has 3 aromatic heterocycles. The topological polar surface area (TPSA) is 89.9 Å². The van der Waals surface area contributed by atoms with Gasteiger partial charge in [-0.25, -0.2) is 4.39 Å². The first-order valence-corrected chi connectivity index (χ1v) is 8.83. The van der Waals surface area contributed by atoms with Crippen molar-refractivity contribution in [1.29, 1.82) is 0 Å². The summed E-state index contributed by atoms with van der Waals surface area (Å²) in [6.45, 7) is 0.903. The fourth-order valence-electron chi connectivity index (χ4n) is 3.22. The van der Waals surface area contributed by atoms with Crippen LogP contribution >= 0.6 is 0 Å². The van der Waals surface area contributed by atoms with Crippen LogP contribution in [0.2, 0.25) is 0 Å². The molecule has 1 aliphatic heterocycles. The van der Waals surface area contributed by atoms with E-state index < -0.39 is 5.67 Å². The summed E-state index contributed by atoms with van der Waals surface area (Å²) in [5, 5.41) is 7.94. The van der Waals surface area contributed by atoms with Gasteiger partial charge in [0, 0.05) is 49.9 Å². The second-order valence-electron chi connectivity index (χ2n) is 6.57. The van der Waals surface area contributed by atoms with Crippen molar-refractivity contribution in [1.82, 2.24) is 29.8 Å². The van der Waals surface area contributed by atoms with E-state index in [0.29, 0.717) is 25.1 Å². The number of rotatable bonds is 5. The Balaban J connectivity index is 1.45. The van der Waals surface area contributed by atoms with Gasteiger partial charge in [0.05, 0.1) is 6.54 Å². The maximum Gasteiger partial charge on any atom is 0.266 e. The summed E-state index contributed by atoms with van der Waals surface area (Å²) in [7, 11) is 0. The fourth-order valence-corrected chi connectivity index (χ4v) is 3.22. The number of pyridine rings is 1. The first kappa shape index (κ1) is 17.3. The number of aromatic nitrogens is 5. The fraction of sp³-hybridized carbons (Fsp3) is 0.389. The largest absolute Gasteiger partial charge is 0.339 e. The number of carbonyl (C=O) groups is 1. The third-order valence-electron chi connectivity index (χ3n) is 4.64. The second-order valence-corrected chi connectivity index (χ2v) is 6.57. The van der Waals surface area contributed by atoms with Crippen LogP contribution in [0.25, 0.3) is 11.4 Å². The highest BCUT2D eigenvalue weighted by Crippen LogP contribution is 2.35. The number of aryl methyl sites for hydroxylation is 1. The van der Waals surface area contributed by atoms with Gasteiger partial charge in [-0.2, -0.15) is 10.1 Å². The molecule has 3 aromatic rings. The van der Waals surface area contributed by atoms with Crippen molar-refractivity contribution in [2.75, 3.05) is 13.1 Å². The maximum absolute atomic E-state index is 15.5. The Kier molecular flexibility index (Phi) is 4.66. The molecule has 27 heavy (non-hydrogen) atoms. The van der Waals surface area contributed by atoms with E-state index in [0.717, 1.165) is 0 Å². The number of halogens is 1. The van der Waals surface area contributed by atoms with Gasteiger partial charge in [0.25, 0.3) is 5.89 Å². The molecule has 0 aromatic carbocycles. The number of amides is 1. The molecule has 1 atom stereocenters. The van der Waals surface area contributed by atoms with Crippen molar-refractivity contribution in [2.24, 2.45) is 0 Å². The number of nitrogens with zero attached hydrogens (tertiary/aromatic N) is 6. The standard InChI is InChI=1S/C18H19FN6O2/c19-18(17-22-16(23-27-17)14-4-1-7-20-12-14)6-2-9-24(13-18)15(26)5-11-25-10-3-8-21-25/h1,3-4,7-8,10,12H,2,5-6,9,11,13H2. The molecule has 1 fully saturated rings. The molecular weight excluding hydrogens is 351 g/mol. The van der Waals surface area contributed by atoms with Crippen LogP contribution in [0.5, 0.6) is 0 Å². The van der Waals surface area contributed by atoms with E-state index >= 15 is 4.39 Å². The quantitative estimate of drug-likeness (QED) is 0.684. The first-order chi connectivity index (χ1) is 13.1. The molecule has 4 rings (SSSR count). The average Bonchev–Trinajstić information content (AvgIpc) is 3.39. The Morgan fingerprint density at radius 2 is 2.26 bits per heavy atom. The molecule has 1 amide bonds. The normalized spacial score (nSPS) is 20.0. The van der Waals surface area contributed by atoms with E-state index in [1.54, 1.807) is 47.7 Å². The van der Waals surface area contributed by atoms with E-state index in [9.17, 15) is 4.79 Å². The molecule has 0 radical (unpaired) electrons. The molecule has 1 saturated heterocycles. The van der Waals surface area contributed by atoms with Gasteiger partial charge in [0.15, 0.2) is 0 Å². The number of hydrogen-bond donors (Lipinski definition) is 0. The third-order valence-corrected chi connectivity index (χ3v) is 4.64. The van der Waals surface area contributed by atoms with Gasteiger partial charge in [-0.3, -0.25) is 14.5 Å². The van der Waals surface area contributed by atoms with Crippen LogP contribution in [0.15, 0.2) is 47.5 Å². The van der Waals surface area contributed by atoms with Crippen LogP contribution in [-0.2, 0) is 17.0 Å². The number of alkyl halides is 1.